The lowest BCUT2D eigenvalue weighted by Gasteiger charge is -2.55. The third-order valence-electron chi connectivity index (χ3n) is 15.2. The van der Waals surface area contributed by atoms with Crippen molar-refractivity contribution in [2.75, 3.05) is 0 Å². The molecular weight excluding hydrogens is 771 g/mol. The molecule has 60 heavy (non-hydrogen) atoms. The summed E-state index contributed by atoms with van der Waals surface area (Å²) < 4.78 is 40.1. The molecule has 18 atom stereocenters. The van der Waals surface area contributed by atoms with E-state index in [9.17, 15) is 29.7 Å². The van der Waals surface area contributed by atoms with Gasteiger partial charge in [-0.2, -0.15) is 0 Å². The maximum absolute atomic E-state index is 14.6. The van der Waals surface area contributed by atoms with E-state index in [2.05, 4.69) is 26.1 Å². The largest absolute Gasteiger partial charge is 0.481 e. The fourth-order valence-electron chi connectivity index (χ4n) is 11.1. The molecule has 4 fully saturated rings. The molecule has 0 aromatic rings. The molecular formula is C47H79NO12. The van der Waals surface area contributed by atoms with Crippen LogP contribution in [0.4, 0.5) is 4.79 Å². The smallest absolute Gasteiger partial charge is 0.408 e. The number of carbonyl (C=O) groups excluding carboxylic acids is 2. The number of hydrogen-bond donors (Lipinski definition) is 4. The number of carbonyl (C=O) groups is 3. The average Bonchev–Trinajstić information content (AvgIpc) is 3.52. The highest BCUT2D eigenvalue weighted by molar-refractivity contribution is 5.84. The van der Waals surface area contributed by atoms with Crippen molar-refractivity contribution < 1.29 is 58.1 Å². The topological polar surface area (TPSA) is 179 Å². The number of carboxylic acids is 1. The second kappa shape index (κ2) is 18.5. The zero-order chi connectivity index (χ0) is 44.7. The van der Waals surface area contributed by atoms with E-state index >= 15 is 0 Å². The highest BCUT2D eigenvalue weighted by atomic mass is 16.8. The Morgan fingerprint density at radius 2 is 1.57 bits per heavy atom. The van der Waals surface area contributed by atoms with Crippen LogP contribution in [0.25, 0.3) is 0 Å². The van der Waals surface area contributed by atoms with Gasteiger partial charge in [-0.05, 0) is 110 Å². The standard InChI is InChI=1S/C47H79NO12/c1-14-32(41(51)52)34-18-17-26(4)39(56-34)30(8)37(49)29(7)38(50)33(15-2)40-27(5)25-28(6)46(57-40)22-19-35(48-42(53)58-43(10,11)12)47(60-46)24-23-44(13,59-47)36-20-21-45(54,16-3)31(9)55-36/h19,22,26-37,39-40,49,54H,14-18,20-21,23-25H2,1-13H3,(H,48,53)(H,51,52)/t26-,27-,28+,29-,30-,31-,32+,33-,34+,35+,36+,37+,39+,40-,44-,45+,46-,47-/m0/s1. The zero-order valence-electron chi connectivity index (χ0n) is 38.8. The lowest BCUT2D eigenvalue weighted by Crippen LogP contribution is -2.66. The van der Waals surface area contributed by atoms with E-state index in [0.717, 1.165) is 6.42 Å². The molecule has 4 saturated heterocycles. The SMILES string of the molecule is CC[C@@H](C(=O)[C@@H](C)[C@@H](O)[C@H](C)[C@@H]1O[C@@H]([C@@H](CC)C(=O)O)CC[C@@H]1C)[C@H]1O[C@]2(C=C[C@@H](NC(=O)OC(C)(C)C)[C@]3(CC[C@@](C)([C@H]4CC[C@](O)(CC)[C@H](C)O4)O3)O2)[C@H](C)C[C@@H]1C. The van der Waals surface area contributed by atoms with E-state index in [0.29, 0.717) is 57.8 Å². The molecule has 0 radical (unpaired) electrons. The van der Waals surface area contributed by atoms with Gasteiger partial charge in [0.05, 0.1) is 53.7 Å². The van der Waals surface area contributed by atoms with E-state index in [1.165, 1.54) is 0 Å². The quantitative estimate of drug-likeness (QED) is 0.133. The van der Waals surface area contributed by atoms with Crippen LogP contribution in [0.5, 0.6) is 0 Å². The van der Waals surface area contributed by atoms with Gasteiger partial charge in [0, 0.05) is 30.1 Å². The van der Waals surface area contributed by atoms with Crippen molar-refractivity contribution in [3.63, 3.8) is 0 Å². The van der Waals surface area contributed by atoms with Crippen molar-refractivity contribution in [2.24, 2.45) is 41.4 Å². The van der Waals surface area contributed by atoms with Crippen molar-refractivity contribution >= 4 is 17.8 Å². The molecule has 0 aromatic heterocycles. The molecule has 13 heteroatoms. The highest BCUT2D eigenvalue weighted by Crippen LogP contribution is 2.54. The number of alkyl carbamates (subject to hydrolysis) is 1. The Labute approximate surface area is 359 Å². The summed E-state index contributed by atoms with van der Waals surface area (Å²) in [7, 11) is 0. The first-order chi connectivity index (χ1) is 27.9. The second-order valence-electron chi connectivity index (χ2n) is 20.6. The van der Waals surface area contributed by atoms with Crippen molar-refractivity contribution in [2.45, 2.75) is 225 Å². The molecule has 13 nitrogen and oxygen atoms in total. The van der Waals surface area contributed by atoms with Crippen LogP contribution in [-0.4, -0.2) is 104 Å². The van der Waals surface area contributed by atoms with E-state index in [4.69, 9.17) is 28.4 Å². The Hall–Kier alpha value is -2.13. The first-order valence-electron chi connectivity index (χ1n) is 23.1. The Morgan fingerprint density at radius 1 is 0.900 bits per heavy atom. The van der Waals surface area contributed by atoms with Crippen LogP contribution in [-0.2, 0) is 38.0 Å². The number of ether oxygens (including phenoxy) is 6. The Morgan fingerprint density at radius 3 is 2.15 bits per heavy atom. The molecule has 5 aliphatic rings. The third-order valence-corrected chi connectivity index (χ3v) is 15.2. The minimum absolute atomic E-state index is 0.0273. The number of rotatable bonds is 13. The van der Waals surface area contributed by atoms with Gasteiger partial charge in [0.25, 0.3) is 0 Å². The van der Waals surface area contributed by atoms with Crippen molar-refractivity contribution in [3.8, 4) is 0 Å². The van der Waals surface area contributed by atoms with Gasteiger partial charge in [-0.25, -0.2) is 4.79 Å². The van der Waals surface area contributed by atoms with E-state index in [1.807, 2.05) is 53.7 Å². The molecule has 0 aromatic carbocycles. The summed E-state index contributed by atoms with van der Waals surface area (Å²) in [4.78, 5) is 40.0. The molecule has 1 amide bonds. The van der Waals surface area contributed by atoms with Crippen molar-refractivity contribution in [1.29, 1.82) is 0 Å². The third kappa shape index (κ3) is 9.82. The minimum Gasteiger partial charge on any atom is -0.481 e. The summed E-state index contributed by atoms with van der Waals surface area (Å²) in [5.74, 6) is -6.10. The number of amides is 1. The predicted octanol–water partition coefficient (Wildman–Crippen LogP) is 7.72. The molecule has 4 N–H and O–H groups in total. The van der Waals surface area contributed by atoms with Gasteiger partial charge < -0.3 is 49.1 Å². The second-order valence-corrected chi connectivity index (χ2v) is 20.6. The maximum atomic E-state index is 14.6. The molecule has 0 saturated carbocycles. The van der Waals surface area contributed by atoms with E-state index in [-0.39, 0.29) is 29.6 Å². The molecule has 5 heterocycles. The first-order valence-corrected chi connectivity index (χ1v) is 23.1. The Bertz CT molecular complexity index is 1550. The van der Waals surface area contributed by atoms with Crippen molar-refractivity contribution in [1.82, 2.24) is 5.32 Å². The lowest BCUT2D eigenvalue weighted by molar-refractivity contribution is -0.398. The van der Waals surface area contributed by atoms with Gasteiger partial charge in [0.1, 0.15) is 17.4 Å². The molecule has 5 rings (SSSR count). The van der Waals surface area contributed by atoms with Crippen LogP contribution in [0, 0.1) is 41.4 Å². The van der Waals surface area contributed by atoms with Gasteiger partial charge in [0.2, 0.25) is 0 Å². The average molecular weight is 850 g/mol. The highest BCUT2D eigenvalue weighted by Gasteiger charge is 2.63. The zero-order valence-corrected chi connectivity index (χ0v) is 38.8. The lowest BCUT2D eigenvalue weighted by atomic mass is 9.72. The number of aliphatic carboxylic acids is 1. The summed E-state index contributed by atoms with van der Waals surface area (Å²) in [6.07, 6.45) is 5.73. The fourth-order valence-corrected chi connectivity index (χ4v) is 11.1. The van der Waals surface area contributed by atoms with Gasteiger partial charge in [0.15, 0.2) is 11.6 Å². The Kier molecular flexibility index (Phi) is 15.1. The maximum Gasteiger partial charge on any atom is 0.408 e. The number of nitrogens with one attached hydrogen (secondary N) is 1. The van der Waals surface area contributed by atoms with Crippen LogP contribution in [0.3, 0.4) is 0 Å². The molecule has 344 valence electrons. The molecule has 5 aliphatic heterocycles. The molecule has 2 spiro atoms. The summed E-state index contributed by atoms with van der Waals surface area (Å²) in [6.45, 7) is 25.0. The van der Waals surface area contributed by atoms with Gasteiger partial charge in [-0.3, -0.25) is 9.59 Å². The van der Waals surface area contributed by atoms with Gasteiger partial charge in [-0.15, -0.1) is 0 Å². The van der Waals surface area contributed by atoms with Crippen LogP contribution in [0.15, 0.2) is 12.2 Å². The number of ketones is 1. The van der Waals surface area contributed by atoms with Crippen LogP contribution < -0.4 is 5.32 Å². The summed E-state index contributed by atoms with van der Waals surface area (Å²) in [5, 5.41) is 35.9. The summed E-state index contributed by atoms with van der Waals surface area (Å²) >= 11 is 0. The number of aliphatic hydroxyl groups is 2. The molecule has 0 bridgehead atoms. The van der Waals surface area contributed by atoms with Crippen LogP contribution >= 0.6 is 0 Å². The summed E-state index contributed by atoms with van der Waals surface area (Å²) in [5.41, 5.74) is -2.47. The van der Waals surface area contributed by atoms with Gasteiger partial charge >= 0.3 is 12.1 Å². The normalized spacial score (nSPS) is 42.3. The van der Waals surface area contributed by atoms with E-state index < -0.39 is 101 Å². The van der Waals surface area contributed by atoms with E-state index in [1.54, 1.807) is 27.7 Å². The number of Topliss-reactive ketones (excluding diaryl/α,β-unsaturated/α-hetero) is 1. The number of hydrogen-bond acceptors (Lipinski definition) is 11. The van der Waals surface area contributed by atoms with Crippen LogP contribution in [0.1, 0.15) is 154 Å². The fraction of sp³-hybridized carbons (Fsp3) is 0.894. The minimum atomic E-state index is -1.37. The van der Waals surface area contributed by atoms with Crippen molar-refractivity contribution in [3.05, 3.63) is 12.2 Å². The predicted molar refractivity (Wildman–Crippen MR) is 226 cm³/mol. The monoisotopic (exact) mass is 850 g/mol. The van der Waals surface area contributed by atoms with Gasteiger partial charge in [-0.1, -0.05) is 61.5 Å². The summed E-state index contributed by atoms with van der Waals surface area (Å²) in [6, 6.07) is -0.741. The first kappa shape index (κ1) is 48.9. The molecule has 0 unspecified atom stereocenters. The number of aliphatic hydroxyl groups excluding tert-OH is 1. The number of carboxylic acid groups (broad SMARTS) is 1. The Balaban J connectivity index is 1.40. The van der Waals surface area contributed by atoms with Crippen LogP contribution in [0.2, 0.25) is 0 Å². The molecule has 0 aliphatic carbocycles.